The Labute approximate surface area is 187 Å². The molecular formula is C20H18CaO6. The van der Waals surface area contributed by atoms with E-state index in [0.717, 1.165) is 34.8 Å². The number of carbonyl (C=O) groups excluding carboxylic acids is 2. The Morgan fingerprint density at radius 2 is 1.00 bits per heavy atom. The van der Waals surface area contributed by atoms with E-state index in [2.05, 4.69) is 0 Å². The summed E-state index contributed by atoms with van der Waals surface area (Å²) in [6.07, 6.45) is 4.91. The predicted octanol–water partition coefficient (Wildman–Crippen LogP) is 0.536. The smallest absolute Gasteiger partial charge is 0.545 e. The summed E-state index contributed by atoms with van der Waals surface area (Å²) in [5, 5.41) is 20.1. The van der Waals surface area contributed by atoms with Crippen molar-refractivity contribution in [3.05, 3.63) is 71.8 Å². The molecule has 0 fully saturated rings. The van der Waals surface area contributed by atoms with Crippen LogP contribution in [0.5, 0.6) is 11.5 Å². The first-order chi connectivity index (χ1) is 12.4. The fraction of sp³-hybridized carbons (Fsp3) is 0.100. The molecule has 0 N–H and O–H groups in total. The summed E-state index contributed by atoms with van der Waals surface area (Å²) in [6.45, 7) is 0. The normalized spacial score (nSPS) is 9.85. The van der Waals surface area contributed by atoms with E-state index in [9.17, 15) is 19.8 Å². The zero-order valence-electron chi connectivity index (χ0n) is 15.1. The van der Waals surface area contributed by atoms with E-state index in [1.807, 2.05) is 0 Å². The van der Waals surface area contributed by atoms with E-state index in [1.165, 1.54) is 12.2 Å². The Balaban J connectivity index is 0.000000483. The number of hydrogen-bond acceptors (Lipinski definition) is 6. The summed E-state index contributed by atoms with van der Waals surface area (Å²) in [5.41, 5.74) is 1.59. The van der Waals surface area contributed by atoms with Gasteiger partial charge in [-0.25, -0.2) is 0 Å². The van der Waals surface area contributed by atoms with Crippen LogP contribution in [0.15, 0.2) is 60.7 Å². The van der Waals surface area contributed by atoms with E-state index < -0.39 is 11.9 Å². The van der Waals surface area contributed by atoms with Crippen LogP contribution in [0.3, 0.4) is 0 Å². The van der Waals surface area contributed by atoms with Crippen LogP contribution in [-0.2, 0) is 9.59 Å². The molecule has 2 aromatic carbocycles. The van der Waals surface area contributed by atoms with Crippen molar-refractivity contribution in [1.29, 1.82) is 0 Å². The molecule has 2 aromatic rings. The Morgan fingerprint density at radius 1 is 0.704 bits per heavy atom. The van der Waals surface area contributed by atoms with Crippen molar-refractivity contribution in [1.82, 2.24) is 0 Å². The minimum atomic E-state index is -1.20. The third-order valence-corrected chi connectivity index (χ3v) is 3.06. The van der Waals surface area contributed by atoms with E-state index in [1.54, 1.807) is 62.8 Å². The van der Waals surface area contributed by atoms with Crippen LogP contribution in [0.4, 0.5) is 0 Å². The SMILES string of the molecule is COc1ccc(C=CC(=O)[O-])cc1.COc1ccc(C=CC(=O)[O-])cc1.[Ca+2]. The molecule has 27 heavy (non-hydrogen) atoms. The van der Waals surface area contributed by atoms with Crippen molar-refractivity contribution in [2.75, 3.05) is 14.2 Å². The van der Waals surface area contributed by atoms with Crippen molar-refractivity contribution in [3.8, 4) is 11.5 Å². The van der Waals surface area contributed by atoms with E-state index in [0.29, 0.717) is 0 Å². The topological polar surface area (TPSA) is 98.7 Å². The maximum absolute atomic E-state index is 10.1. The maximum Gasteiger partial charge on any atom is 2.00 e. The number of carboxylic acid groups (broad SMARTS) is 2. The molecule has 7 heteroatoms. The van der Waals surface area contributed by atoms with Crippen molar-refractivity contribution < 1.29 is 29.3 Å². The molecule has 0 aliphatic carbocycles. The zero-order valence-corrected chi connectivity index (χ0v) is 17.3. The summed E-state index contributed by atoms with van der Waals surface area (Å²) in [4.78, 5) is 20.1. The van der Waals surface area contributed by atoms with Gasteiger partial charge in [0, 0.05) is 0 Å². The monoisotopic (exact) mass is 394 g/mol. The molecule has 0 aromatic heterocycles. The van der Waals surface area contributed by atoms with Crippen molar-refractivity contribution in [3.63, 3.8) is 0 Å². The van der Waals surface area contributed by atoms with Gasteiger partial charge >= 0.3 is 37.7 Å². The van der Waals surface area contributed by atoms with Crippen LogP contribution < -0.4 is 19.7 Å². The Hall–Kier alpha value is -2.28. The average molecular weight is 394 g/mol. The van der Waals surface area contributed by atoms with Crippen LogP contribution in [0.2, 0.25) is 0 Å². The van der Waals surface area contributed by atoms with Gasteiger partial charge in [-0.2, -0.15) is 0 Å². The van der Waals surface area contributed by atoms with Gasteiger partial charge in [0.1, 0.15) is 11.5 Å². The molecule has 0 bridgehead atoms. The minimum absolute atomic E-state index is 0. The first kappa shape index (κ1) is 24.7. The van der Waals surface area contributed by atoms with Gasteiger partial charge in [-0.05, 0) is 47.5 Å². The quantitative estimate of drug-likeness (QED) is 0.524. The summed E-state index contributed by atoms with van der Waals surface area (Å²) < 4.78 is 9.88. The van der Waals surface area contributed by atoms with Gasteiger partial charge in [-0.1, -0.05) is 36.4 Å². The number of hydrogen-bond donors (Lipinski definition) is 0. The first-order valence-electron chi connectivity index (χ1n) is 7.51. The van der Waals surface area contributed by atoms with Crippen LogP contribution in [0, 0.1) is 0 Å². The van der Waals surface area contributed by atoms with E-state index >= 15 is 0 Å². The maximum atomic E-state index is 10.1. The number of carboxylic acids is 2. The number of methoxy groups -OCH3 is 2. The van der Waals surface area contributed by atoms with E-state index in [4.69, 9.17) is 9.47 Å². The number of carbonyl (C=O) groups is 2. The predicted molar refractivity (Wildman–Crippen MR) is 99.8 cm³/mol. The summed E-state index contributed by atoms with van der Waals surface area (Å²) >= 11 is 0. The van der Waals surface area contributed by atoms with Gasteiger partial charge in [0.05, 0.1) is 26.2 Å². The number of rotatable bonds is 6. The van der Waals surface area contributed by atoms with Gasteiger partial charge in [0.25, 0.3) is 0 Å². The standard InChI is InChI=1S/2C10H10O3.Ca/c2*1-13-9-5-2-8(3-6-9)4-7-10(11)12;/h2*2-7H,1H3,(H,11,12);/q;;+2/p-2. The second-order valence-corrected chi connectivity index (χ2v) is 4.85. The molecule has 0 heterocycles. The molecule has 136 valence electrons. The van der Waals surface area contributed by atoms with Crippen LogP contribution in [0.1, 0.15) is 11.1 Å². The van der Waals surface area contributed by atoms with Gasteiger partial charge in [-0.15, -0.1) is 0 Å². The average Bonchev–Trinajstić information content (AvgIpc) is 2.66. The molecule has 0 unspecified atom stereocenters. The largest absolute Gasteiger partial charge is 2.00 e. The summed E-state index contributed by atoms with van der Waals surface area (Å²) in [7, 11) is 3.15. The van der Waals surface area contributed by atoms with E-state index in [-0.39, 0.29) is 37.7 Å². The zero-order chi connectivity index (χ0) is 19.4. The van der Waals surface area contributed by atoms with Crippen molar-refractivity contribution in [2.24, 2.45) is 0 Å². The Morgan fingerprint density at radius 3 is 1.22 bits per heavy atom. The number of aliphatic carboxylic acids is 2. The van der Waals surface area contributed by atoms with Gasteiger partial charge in [0.2, 0.25) is 0 Å². The fourth-order valence-corrected chi connectivity index (χ4v) is 1.76. The molecule has 0 saturated carbocycles. The third-order valence-electron chi connectivity index (χ3n) is 3.06. The number of ether oxygens (including phenoxy) is 2. The van der Waals surface area contributed by atoms with Crippen LogP contribution in [-0.4, -0.2) is 63.9 Å². The van der Waals surface area contributed by atoms with Crippen LogP contribution in [0.25, 0.3) is 12.2 Å². The minimum Gasteiger partial charge on any atom is -0.545 e. The summed E-state index contributed by atoms with van der Waals surface area (Å²) in [6, 6.07) is 14.1. The third kappa shape index (κ3) is 11.1. The van der Waals surface area contributed by atoms with Gasteiger partial charge in [0.15, 0.2) is 0 Å². The summed E-state index contributed by atoms with van der Waals surface area (Å²) in [5.74, 6) is -0.914. The van der Waals surface area contributed by atoms with Gasteiger partial charge < -0.3 is 29.3 Å². The second-order valence-electron chi connectivity index (χ2n) is 4.85. The van der Waals surface area contributed by atoms with Crippen molar-refractivity contribution >= 4 is 61.8 Å². The molecule has 0 amide bonds. The molecule has 0 saturated heterocycles. The molecule has 0 aliphatic heterocycles. The first-order valence-corrected chi connectivity index (χ1v) is 7.51. The second kappa shape index (κ2) is 13.9. The molecule has 0 radical (unpaired) electrons. The molecule has 0 atom stereocenters. The van der Waals surface area contributed by atoms with Crippen LogP contribution >= 0.6 is 0 Å². The number of benzene rings is 2. The van der Waals surface area contributed by atoms with Crippen molar-refractivity contribution in [2.45, 2.75) is 0 Å². The molecule has 0 spiro atoms. The molecule has 6 nitrogen and oxygen atoms in total. The Bertz CT molecular complexity index is 697. The van der Waals surface area contributed by atoms with Gasteiger partial charge in [-0.3, -0.25) is 0 Å². The fourth-order valence-electron chi connectivity index (χ4n) is 1.76. The molecule has 2 rings (SSSR count). The molecular weight excluding hydrogens is 376 g/mol. The Kier molecular flexibility index (Phi) is 12.7. The molecule has 0 aliphatic rings.